The fourth-order valence-electron chi connectivity index (χ4n) is 1.76. The maximum absolute atomic E-state index is 11.4. The lowest BCUT2D eigenvalue weighted by atomic mass is 10.0. The molecule has 1 rings (SSSR count). The van der Waals surface area contributed by atoms with E-state index in [0.29, 0.717) is 6.42 Å². The van der Waals surface area contributed by atoms with Crippen molar-refractivity contribution in [1.29, 1.82) is 0 Å². The van der Waals surface area contributed by atoms with Gasteiger partial charge in [-0.15, -0.1) is 11.6 Å². The first-order valence-electron chi connectivity index (χ1n) is 5.30. The molecular formula is C10H17ClN2O2. The Morgan fingerprint density at radius 1 is 1.40 bits per heavy atom. The molecule has 0 aromatic rings. The van der Waals surface area contributed by atoms with Crippen LogP contribution in [0.3, 0.4) is 0 Å². The molecule has 1 heterocycles. The number of hydrogen-bond acceptors (Lipinski definition) is 2. The second kappa shape index (κ2) is 5.95. The van der Waals surface area contributed by atoms with Crippen LogP contribution in [0.25, 0.3) is 0 Å². The first-order chi connectivity index (χ1) is 7.17. The number of carbonyl (C=O) groups excluding carboxylic acids is 2. The predicted octanol–water partition coefficient (Wildman–Crippen LogP) is 0.742. The lowest BCUT2D eigenvalue weighted by Gasteiger charge is -2.32. The Morgan fingerprint density at radius 2 is 2.00 bits per heavy atom. The van der Waals surface area contributed by atoms with Gasteiger partial charge in [-0.1, -0.05) is 6.92 Å². The van der Waals surface area contributed by atoms with E-state index >= 15 is 0 Å². The molecule has 0 aromatic heterocycles. The van der Waals surface area contributed by atoms with E-state index in [0.717, 1.165) is 25.9 Å². The lowest BCUT2D eigenvalue weighted by molar-refractivity contribution is -0.132. The zero-order valence-electron chi connectivity index (χ0n) is 8.96. The van der Waals surface area contributed by atoms with Crippen molar-refractivity contribution in [1.82, 2.24) is 10.2 Å². The monoisotopic (exact) mass is 232 g/mol. The highest BCUT2D eigenvalue weighted by atomic mass is 35.5. The van der Waals surface area contributed by atoms with E-state index in [-0.39, 0.29) is 23.7 Å². The Balaban J connectivity index is 2.29. The average molecular weight is 233 g/mol. The predicted molar refractivity (Wildman–Crippen MR) is 58.8 cm³/mol. The molecule has 1 fully saturated rings. The summed E-state index contributed by atoms with van der Waals surface area (Å²) in [6.45, 7) is 3.34. The van der Waals surface area contributed by atoms with E-state index in [2.05, 4.69) is 5.32 Å². The quantitative estimate of drug-likeness (QED) is 0.730. The Labute approximate surface area is 95.0 Å². The van der Waals surface area contributed by atoms with Crippen LogP contribution in [0.15, 0.2) is 0 Å². The highest BCUT2D eigenvalue weighted by molar-refractivity contribution is 6.27. The Kier molecular flexibility index (Phi) is 4.88. The summed E-state index contributed by atoms with van der Waals surface area (Å²) in [5.74, 6) is 0.0720. The van der Waals surface area contributed by atoms with Crippen LogP contribution in [0.4, 0.5) is 0 Å². The van der Waals surface area contributed by atoms with Crippen molar-refractivity contribution in [3.8, 4) is 0 Å². The number of rotatable bonds is 3. The summed E-state index contributed by atoms with van der Waals surface area (Å²) in [4.78, 5) is 24.2. The molecule has 2 amide bonds. The molecule has 1 aliphatic rings. The Hall–Kier alpha value is -0.770. The molecule has 4 nitrogen and oxygen atoms in total. The number of piperidine rings is 1. The molecule has 0 aliphatic carbocycles. The van der Waals surface area contributed by atoms with Crippen LogP contribution in [0.5, 0.6) is 0 Å². The van der Waals surface area contributed by atoms with Crippen molar-refractivity contribution in [3.05, 3.63) is 0 Å². The molecule has 5 heteroatoms. The van der Waals surface area contributed by atoms with Crippen LogP contribution < -0.4 is 5.32 Å². The number of alkyl halides is 1. The van der Waals surface area contributed by atoms with Gasteiger partial charge in [0.05, 0.1) is 0 Å². The van der Waals surface area contributed by atoms with Crippen LogP contribution in [0, 0.1) is 0 Å². The largest absolute Gasteiger partial charge is 0.352 e. The molecule has 0 atom stereocenters. The van der Waals surface area contributed by atoms with Gasteiger partial charge in [-0.05, 0) is 12.8 Å². The molecule has 0 spiro atoms. The van der Waals surface area contributed by atoms with E-state index in [1.165, 1.54) is 0 Å². The van der Waals surface area contributed by atoms with Gasteiger partial charge < -0.3 is 10.2 Å². The zero-order valence-corrected chi connectivity index (χ0v) is 9.72. The summed E-state index contributed by atoms with van der Waals surface area (Å²) in [7, 11) is 0. The number of nitrogens with one attached hydrogen (secondary N) is 1. The number of hydrogen-bond donors (Lipinski definition) is 1. The number of amides is 2. The van der Waals surface area contributed by atoms with E-state index in [1.54, 1.807) is 0 Å². The minimum atomic E-state index is -0.128. The van der Waals surface area contributed by atoms with Gasteiger partial charge in [0.25, 0.3) is 0 Å². The molecular weight excluding hydrogens is 216 g/mol. The normalized spacial score (nSPS) is 17.6. The summed E-state index contributed by atoms with van der Waals surface area (Å²) in [5, 5.41) is 2.84. The van der Waals surface area contributed by atoms with Crippen LogP contribution in [0.2, 0.25) is 0 Å². The first kappa shape index (κ1) is 12.3. The van der Waals surface area contributed by atoms with Crippen LogP contribution in [-0.4, -0.2) is 41.7 Å². The molecule has 1 saturated heterocycles. The number of halogens is 1. The topological polar surface area (TPSA) is 49.4 Å². The van der Waals surface area contributed by atoms with Gasteiger partial charge in [-0.25, -0.2) is 0 Å². The molecule has 1 N–H and O–H groups in total. The fraction of sp³-hybridized carbons (Fsp3) is 0.800. The molecule has 0 bridgehead atoms. The smallest absolute Gasteiger partial charge is 0.235 e. The molecule has 15 heavy (non-hydrogen) atoms. The molecule has 1 aliphatic heterocycles. The summed E-state index contributed by atoms with van der Waals surface area (Å²) >= 11 is 5.40. The third-order valence-electron chi connectivity index (χ3n) is 2.64. The highest BCUT2D eigenvalue weighted by Gasteiger charge is 2.22. The number of nitrogens with zero attached hydrogens (tertiary/aromatic N) is 1. The van der Waals surface area contributed by atoms with Crippen molar-refractivity contribution in [2.24, 2.45) is 0 Å². The first-order valence-corrected chi connectivity index (χ1v) is 5.84. The van der Waals surface area contributed by atoms with Crippen LogP contribution in [0.1, 0.15) is 26.2 Å². The summed E-state index contributed by atoms with van der Waals surface area (Å²) in [6.07, 6.45) is 2.21. The minimum absolute atomic E-state index is 0.00804. The summed E-state index contributed by atoms with van der Waals surface area (Å²) in [6, 6.07) is 0.178. The number of carbonyl (C=O) groups is 2. The van der Waals surface area contributed by atoms with Gasteiger partial charge in [-0.3, -0.25) is 9.59 Å². The van der Waals surface area contributed by atoms with E-state index < -0.39 is 0 Å². The summed E-state index contributed by atoms with van der Waals surface area (Å²) in [5.41, 5.74) is 0. The lowest BCUT2D eigenvalue weighted by Crippen LogP contribution is -2.46. The molecule has 0 saturated carbocycles. The third kappa shape index (κ3) is 3.70. The second-order valence-electron chi connectivity index (χ2n) is 3.71. The molecule has 0 aromatic carbocycles. The van der Waals surface area contributed by atoms with Gasteiger partial charge in [0.2, 0.25) is 11.8 Å². The van der Waals surface area contributed by atoms with Crippen LogP contribution >= 0.6 is 11.6 Å². The fourth-order valence-corrected chi connectivity index (χ4v) is 1.84. The van der Waals surface area contributed by atoms with Crippen molar-refractivity contribution in [3.63, 3.8) is 0 Å². The molecule has 0 unspecified atom stereocenters. The highest BCUT2D eigenvalue weighted by Crippen LogP contribution is 2.11. The van der Waals surface area contributed by atoms with Gasteiger partial charge in [0.1, 0.15) is 5.88 Å². The van der Waals surface area contributed by atoms with Crippen molar-refractivity contribution < 1.29 is 9.59 Å². The van der Waals surface area contributed by atoms with Gasteiger partial charge >= 0.3 is 0 Å². The minimum Gasteiger partial charge on any atom is -0.352 e. The van der Waals surface area contributed by atoms with E-state index in [9.17, 15) is 9.59 Å². The van der Waals surface area contributed by atoms with E-state index in [1.807, 2.05) is 11.8 Å². The van der Waals surface area contributed by atoms with Crippen molar-refractivity contribution in [2.75, 3.05) is 19.0 Å². The maximum atomic E-state index is 11.4. The molecule has 86 valence electrons. The number of likely N-dealkylation sites (tertiary alicyclic amines) is 1. The van der Waals surface area contributed by atoms with Crippen molar-refractivity contribution >= 4 is 23.4 Å². The SMILES string of the molecule is CCC(=O)N1CCC(NC(=O)CCl)CC1. The van der Waals surface area contributed by atoms with Crippen LogP contribution in [-0.2, 0) is 9.59 Å². The maximum Gasteiger partial charge on any atom is 0.235 e. The third-order valence-corrected chi connectivity index (χ3v) is 2.88. The Morgan fingerprint density at radius 3 is 2.47 bits per heavy atom. The Bertz CT molecular complexity index is 238. The zero-order chi connectivity index (χ0) is 11.3. The van der Waals surface area contributed by atoms with Gasteiger partial charge in [0, 0.05) is 25.6 Å². The second-order valence-corrected chi connectivity index (χ2v) is 3.98. The molecule has 0 radical (unpaired) electrons. The van der Waals surface area contributed by atoms with Gasteiger partial charge in [-0.2, -0.15) is 0 Å². The van der Waals surface area contributed by atoms with Crippen molar-refractivity contribution in [2.45, 2.75) is 32.2 Å². The van der Waals surface area contributed by atoms with Gasteiger partial charge in [0.15, 0.2) is 0 Å². The van der Waals surface area contributed by atoms with E-state index in [4.69, 9.17) is 11.6 Å². The standard InChI is InChI=1S/C10H17ClN2O2/c1-2-10(15)13-5-3-8(4-6-13)12-9(14)7-11/h8H,2-7H2,1H3,(H,12,14). The summed E-state index contributed by atoms with van der Waals surface area (Å²) < 4.78 is 0. The average Bonchev–Trinajstić information content (AvgIpc) is 2.29.